The number of carbonyl (C=O) groups excluding carboxylic acids is 1. The molecule has 0 aliphatic carbocycles. The molecule has 1 unspecified atom stereocenters. The van der Waals surface area contributed by atoms with Crippen LogP contribution in [0.3, 0.4) is 0 Å². The van der Waals surface area contributed by atoms with Crippen LogP contribution in [0.25, 0.3) is 0 Å². The molecule has 0 spiro atoms. The first-order valence-corrected chi connectivity index (χ1v) is 16.3. The van der Waals surface area contributed by atoms with Gasteiger partial charge in [0.1, 0.15) is 10.0 Å². The largest absolute Gasteiger partial charge is 0.338 e. The molecule has 1 aromatic heterocycles. The van der Waals surface area contributed by atoms with E-state index in [1.54, 1.807) is 11.3 Å². The Hall–Kier alpha value is -2.47. The van der Waals surface area contributed by atoms with Gasteiger partial charge in [-0.2, -0.15) is 0 Å². The van der Waals surface area contributed by atoms with Gasteiger partial charge in [-0.25, -0.2) is 4.79 Å². The molecule has 1 heterocycles. The maximum Gasteiger partial charge on any atom is 0.319 e. The highest BCUT2D eigenvalue weighted by Crippen LogP contribution is 2.22. The maximum absolute atomic E-state index is 11.7. The molecule has 0 bridgehead atoms. The molecule has 0 fully saturated rings. The quantitative estimate of drug-likeness (QED) is 0.292. The number of nitrogens with zero attached hydrogens (tertiary/aromatic N) is 2. The minimum Gasteiger partial charge on any atom is -0.338 e. The molecule has 40 heavy (non-hydrogen) atoms. The number of nitrogens with one attached hydrogen (secondary N) is 2. The van der Waals surface area contributed by atoms with Crippen molar-refractivity contribution >= 4 is 23.1 Å². The van der Waals surface area contributed by atoms with Gasteiger partial charge in [0.05, 0.1) is 0 Å². The number of aryl methyl sites for hydroxylation is 2. The van der Waals surface area contributed by atoms with Crippen molar-refractivity contribution in [3.8, 4) is 0 Å². The lowest BCUT2D eigenvalue weighted by Crippen LogP contribution is -2.29. The molecule has 6 heteroatoms. The molecule has 2 aromatic rings. The highest BCUT2D eigenvalue weighted by molar-refractivity contribution is 7.11. The van der Waals surface area contributed by atoms with E-state index >= 15 is 0 Å². The van der Waals surface area contributed by atoms with Gasteiger partial charge in [0.15, 0.2) is 0 Å². The van der Waals surface area contributed by atoms with Crippen molar-refractivity contribution in [1.29, 1.82) is 0 Å². The Kier molecular flexibility index (Phi) is 38.5. The average molecular weight is 577 g/mol. The van der Waals surface area contributed by atoms with Gasteiger partial charge < -0.3 is 10.6 Å². The van der Waals surface area contributed by atoms with E-state index in [2.05, 4.69) is 67.6 Å². The topological polar surface area (TPSA) is 66.9 Å². The fourth-order valence-electron chi connectivity index (χ4n) is 2.44. The Bertz CT molecular complexity index is 823. The number of carbonyl (C=O) groups is 1. The molecule has 2 rings (SSSR count). The number of rotatable bonds is 9. The molecule has 0 saturated heterocycles. The number of anilines is 1. The van der Waals surface area contributed by atoms with Crippen molar-refractivity contribution in [1.82, 2.24) is 15.5 Å². The molecular formula is C34H64N4OS. The Balaban J connectivity index is -0.000000427. The SMILES string of the molecule is C/C=C\C.CC.CC.CC.CCC.CCCNC(=O)Nc1ccc(CCc2nnc(C(C)/C=C/C(C)C)s2)cc1. The van der Waals surface area contributed by atoms with Crippen molar-refractivity contribution in [2.75, 3.05) is 11.9 Å². The van der Waals surface area contributed by atoms with Gasteiger partial charge in [0.2, 0.25) is 0 Å². The zero-order chi connectivity index (χ0) is 31.8. The number of urea groups is 1. The molecule has 0 aliphatic rings. The minimum absolute atomic E-state index is 0.161. The highest BCUT2D eigenvalue weighted by atomic mass is 32.1. The summed E-state index contributed by atoms with van der Waals surface area (Å²) in [5.74, 6) is 0.859. The normalized spacial score (nSPS) is 10.3. The summed E-state index contributed by atoms with van der Waals surface area (Å²) in [6.45, 7) is 29.5. The van der Waals surface area contributed by atoms with E-state index < -0.39 is 0 Å². The Morgan fingerprint density at radius 2 is 1.38 bits per heavy atom. The first kappa shape index (κ1) is 44.5. The van der Waals surface area contributed by atoms with Crippen LogP contribution in [-0.2, 0) is 12.8 Å². The standard InChI is InChI=1S/C21H30N4OS.C4H8.C3H8.3C2H6/c1-5-14-22-21(26)23-18-11-8-17(9-12-18)10-13-19-24-25-20(27-19)16(4)7-6-15(2)3;1-3-4-2;1-3-2;3*1-2/h6-9,11-12,15-16H,5,10,13-14H2,1-4H3,(H2,22,23,26);3-4H,1-2H3;3H2,1-2H3;3*1-2H3/b7-6+;4-3-;;;;. The van der Waals surface area contributed by atoms with Gasteiger partial charge in [0, 0.05) is 24.6 Å². The zero-order valence-electron chi connectivity index (χ0n) is 28.5. The zero-order valence-corrected chi connectivity index (χ0v) is 29.3. The van der Waals surface area contributed by atoms with Gasteiger partial charge in [-0.1, -0.05) is 126 Å². The summed E-state index contributed by atoms with van der Waals surface area (Å²) in [5.41, 5.74) is 2.02. The van der Waals surface area contributed by atoms with E-state index in [0.717, 1.165) is 35.0 Å². The minimum atomic E-state index is -0.161. The Morgan fingerprint density at radius 1 is 0.850 bits per heavy atom. The van der Waals surface area contributed by atoms with E-state index in [0.29, 0.717) is 18.4 Å². The molecule has 5 nitrogen and oxygen atoms in total. The van der Waals surface area contributed by atoms with E-state index in [4.69, 9.17) is 0 Å². The van der Waals surface area contributed by atoms with Crippen molar-refractivity contribution in [3.63, 3.8) is 0 Å². The smallest absolute Gasteiger partial charge is 0.319 e. The maximum atomic E-state index is 11.7. The fourth-order valence-corrected chi connectivity index (χ4v) is 3.32. The summed E-state index contributed by atoms with van der Waals surface area (Å²) in [6.07, 6.45) is 12.4. The summed E-state index contributed by atoms with van der Waals surface area (Å²) >= 11 is 1.69. The summed E-state index contributed by atoms with van der Waals surface area (Å²) in [5, 5.41) is 16.4. The number of allylic oxidation sites excluding steroid dienone is 4. The van der Waals surface area contributed by atoms with Crippen LogP contribution in [0.15, 0.2) is 48.6 Å². The number of benzene rings is 1. The Labute approximate surface area is 253 Å². The van der Waals surface area contributed by atoms with Gasteiger partial charge in [-0.3, -0.25) is 0 Å². The van der Waals surface area contributed by atoms with Crippen LogP contribution in [0.1, 0.15) is 131 Å². The summed E-state index contributed by atoms with van der Waals surface area (Å²) in [6, 6.07) is 7.80. The van der Waals surface area contributed by atoms with Gasteiger partial charge in [0.25, 0.3) is 0 Å². The number of amides is 2. The second-order valence-corrected chi connectivity index (χ2v) is 9.50. The molecule has 232 valence electrons. The van der Waals surface area contributed by atoms with Gasteiger partial charge >= 0.3 is 6.03 Å². The molecule has 1 aromatic carbocycles. The molecule has 0 radical (unpaired) electrons. The van der Waals surface area contributed by atoms with Crippen LogP contribution < -0.4 is 10.6 Å². The van der Waals surface area contributed by atoms with Gasteiger partial charge in [-0.15, -0.1) is 21.5 Å². The molecule has 2 N–H and O–H groups in total. The molecule has 2 amide bonds. The number of hydrogen-bond acceptors (Lipinski definition) is 4. The molecular weight excluding hydrogens is 512 g/mol. The molecule has 1 atom stereocenters. The number of hydrogen-bond donors (Lipinski definition) is 2. The van der Waals surface area contributed by atoms with Crippen molar-refractivity contribution in [2.24, 2.45) is 5.92 Å². The summed E-state index contributed by atoms with van der Waals surface area (Å²) in [7, 11) is 0. The van der Waals surface area contributed by atoms with E-state index in [1.807, 2.05) is 98.7 Å². The lowest BCUT2D eigenvalue weighted by Gasteiger charge is -2.07. The second-order valence-electron chi connectivity index (χ2n) is 8.40. The second kappa shape index (κ2) is 34.6. The van der Waals surface area contributed by atoms with Crippen LogP contribution in [0.5, 0.6) is 0 Å². The predicted molar refractivity (Wildman–Crippen MR) is 184 cm³/mol. The Morgan fingerprint density at radius 3 is 1.82 bits per heavy atom. The monoisotopic (exact) mass is 576 g/mol. The summed E-state index contributed by atoms with van der Waals surface area (Å²) in [4.78, 5) is 11.7. The van der Waals surface area contributed by atoms with Crippen molar-refractivity contribution in [2.45, 2.75) is 129 Å². The van der Waals surface area contributed by atoms with Crippen LogP contribution >= 0.6 is 11.3 Å². The number of aromatic nitrogens is 2. The lowest BCUT2D eigenvalue weighted by atomic mass is 10.1. The predicted octanol–water partition coefficient (Wildman–Crippen LogP) is 11.2. The first-order valence-electron chi connectivity index (χ1n) is 15.5. The molecule has 0 aliphatic heterocycles. The highest BCUT2D eigenvalue weighted by Gasteiger charge is 2.10. The molecule has 0 saturated carbocycles. The van der Waals surface area contributed by atoms with E-state index in [1.165, 1.54) is 12.0 Å². The van der Waals surface area contributed by atoms with E-state index in [9.17, 15) is 4.79 Å². The first-order chi connectivity index (χ1) is 19.3. The van der Waals surface area contributed by atoms with Crippen molar-refractivity contribution in [3.05, 3.63) is 64.1 Å². The third-order valence-corrected chi connectivity index (χ3v) is 5.55. The lowest BCUT2D eigenvalue weighted by molar-refractivity contribution is 0.252. The van der Waals surface area contributed by atoms with Crippen LogP contribution in [-0.4, -0.2) is 22.8 Å². The van der Waals surface area contributed by atoms with Gasteiger partial charge in [-0.05, 0) is 50.3 Å². The van der Waals surface area contributed by atoms with Crippen LogP contribution in [0.4, 0.5) is 10.5 Å². The van der Waals surface area contributed by atoms with Crippen LogP contribution in [0.2, 0.25) is 0 Å². The third-order valence-electron chi connectivity index (χ3n) is 4.36. The average Bonchev–Trinajstić information content (AvgIpc) is 3.47. The van der Waals surface area contributed by atoms with E-state index in [-0.39, 0.29) is 6.03 Å². The fraction of sp³-hybridized carbons (Fsp3) is 0.618. The summed E-state index contributed by atoms with van der Waals surface area (Å²) < 4.78 is 0. The third kappa shape index (κ3) is 27.1. The van der Waals surface area contributed by atoms with Crippen LogP contribution in [0, 0.1) is 5.92 Å². The van der Waals surface area contributed by atoms with Crippen molar-refractivity contribution < 1.29 is 4.79 Å².